The van der Waals surface area contributed by atoms with Gasteiger partial charge >= 0.3 is 12.1 Å². The Labute approximate surface area is 193 Å². The van der Waals surface area contributed by atoms with Crippen LogP contribution in [0.25, 0.3) is 11.1 Å². The van der Waals surface area contributed by atoms with E-state index in [-0.39, 0.29) is 25.0 Å². The number of carboxylic acid groups (broad SMARTS) is 1. The summed E-state index contributed by atoms with van der Waals surface area (Å²) < 4.78 is 5.59. The summed E-state index contributed by atoms with van der Waals surface area (Å²) in [6.45, 7) is 4.27. The predicted molar refractivity (Wildman–Crippen MR) is 124 cm³/mol. The Bertz CT molecular complexity index is 1020. The molecule has 1 saturated heterocycles. The third kappa shape index (κ3) is 4.45. The molecule has 4 rings (SSSR count). The second kappa shape index (κ2) is 9.25. The number of nitrogens with zero attached hydrogens (tertiary/aromatic N) is 1. The van der Waals surface area contributed by atoms with Gasteiger partial charge in [-0.1, -0.05) is 61.9 Å². The van der Waals surface area contributed by atoms with Crippen LogP contribution in [-0.2, 0) is 14.3 Å². The monoisotopic (exact) mass is 450 g/mol. The summed E-state index contributed by atoms with van der Waals surface area (Å²) in [7, 11) is 0. The summed E-state index contributed by atoms with van der Waals surface area (Å²) >= 11 is 0. The van der Waals surface area contributed by atoms with E-state index in [1.165, 1.54) is 4.90 Å². The first-order valence-electron chi connectivity index (χ1n) is 11.5. The topological polar surface area (TPSA) is 95.9 Å². The van der Waals surface area contributed by atoms with Crippen LogP contribution in [0, 0.1) is 5.41 Å². The van der Waals surface area contributed by atoms with Gasteiger partial charge in [-0.05, 0) is 42.0 Å². The second-order valence-corrected chi connectivity index (χ2v) is 9.19. The fraction of sp³-hybridized carbons (Fsp3) is 0.423. The number of likely N-dealkylation sites (tertiary alicyclic amines) is 1. The summed E-state index contributed by atoms with van der Waals surface area (Å²) in [4.78, 5) is 38.8. The number of rotatable bonds is 7. The van der Waals surface area contributed by atoms with Crippen LogP contribution in [0.3, 0.4) is 0 Å². The lowest BCUT2D eigenvalue weighted by Gasteiger charge is -2.25. The summed E-state index contributed by atoms with van der Waals surface area (Å²) in [6.07, 6.45) is 0.925. The molecule has 0 spiro atoms. The lowest BCUT2D eigenvalue weighted by Crippen LogP contribution is -2.49. The van der Waals surface area contributed by atoms with Crippen LogP contribution in [0.5, 0.6) is 0 Å². The fourth-order valence-electron chi connectivity index (χ4n) is 4.87. The number of carbonyl (C=O) groups is 3. The summed E-state index contributed by atoms with van der Waals surface area (Å²) in [5.41, 5.74) is 3.60. The SMILES string of the molecule is CCC[C@H](NC(=O)OCC1c2ccccc2-c2ccccc21)C(=O)N1CCC(C)(C(=O)O)C1. The Hall–Kier alpha value is -3.35. The van der Waals surface area contributed by atoms with Gasteiger partial charge in [0, 0.05) is 19.0 Å². The number of alkyl carbamates (subject to hydrolysis) is 1. The molecule has 2 amide bonds. The third-order valence-electron chi connectivity index (χ3n) is 6.81. The van der Waals surface area contributed by atoms with Gasteiger partial charge in [0.25, 0.3) is 0 Å². The molecule has 2 aromatic rings. The normalized spacial score (nSPS) is 20.1. The van der Waals surface area contributed by atoms with Crippen molar-refractivity contribution in [2.45, 2.75) is 45.1 Å². The molecule has 0 radical (unpaired) electrons. The number of aliphatic carboxylic acids is 1. The maximum absolute atomic E-state index is 13.0. The molecule has 7 nitrogen and oxygen atoms in total. The zero-order valence-corrected chi connectivity index (χ0v) is 19.0. The molecule has 33 heavy (non-hydrogen) atoms. The Kier molecular flexibility index (Phi) is 6.40. The highest BCUT2D eigenvalue weighted by Crippen LogP contribution is 2.44. The van der Waals surface area contributed by atoms with Crippen molar-refractivity contribution >= 4 is 18.0 Å². The van der Waals surface area contributed by atoms with Crippen molar-refractivity contribution in [3.8, 4) is 11.1 Å². The van der Waals surface area contributed by atoms with Crippen molar-refractivity contribution in [1.82, 2.24) is 10.2 Å². The molecular formula is C26H30N2O5. The Morgan fingerprint density at radius 3 is 2.27 bits per heavy atom. The first-order valence-corrected chi connectivity index (χ1v) is 11.5. The Morgan fingerprint density at radius 2 is 1.73 bits per heavy atom. The molecular weight excluding hydrogens is 420 g/mol. The van der Waals surface area contributed by atoms with Gasteiger partial charge in [-0.3, -0.25) is 9.59 Å². The number of hydrogen-bond donors (Lipinski definition) is 2. The maximum atomic E-state index is 13.0. The largest absolute Gasteiger partial charge is 0.481 e. The molecule has 2 atom stereocenters. The average Bonchev–Trinajstić information content (AvgIpc) is 3.36. The van der Waals surface area contributed by atoms with Gasteiger partial charge in [0.15, 0.2) is 0 Å². The quantitative estimate of drug-likeness (QED) is 0.664. The smallest absolute Gasteiger partial charge is 0.407 e. The van der Waals surface area contributed by atoms with Crippen molar-refractivity contribution in [2.75, 3.05) is 19.7 Å². The van der Waals surface area contributed by atoms with Gasteiger partial charge in [-0.15, -0.1) is 0 Å². The maximum Gasteiger partial charge on any atom is 0.407 e. The highest BCUT2D eigenvalue weighted by molar-refractivity contribution is 5.87. The first kappa shape index (κ1) is 22.8. The number of benzene rings is 2. The van der Waals surface area contributed by atoms with E-state index in [9.17, 15) is 19.5 Å². The number of fused-ring (bicyclic) bond motifs is 3. The molecule has 174 valence electrons. The average molecular weight is 451 g/mol. The van der Waals surface area contributed by atoms with Gasteiger partial charge in [0.1, 0.15) is 12.6 Å². The van der Waals surface area contributed by atoms with Crippen molar-refractivity contribution in [1.29, 1.82) is 0 Å². The van der Waals surface area contributed by atoms with Crippen molar-refractivity contribution in [2.24, 2.45) is 5.41 Å². The zero-order valence-electron chi connectivity index (χ0n) is 19.0. The molecule has 0 aromatic heterocycles. The van der Waals surface area contributed by atoms with E-state index in [2.05, 4.69) is 29.6 Å². The zero-order chi connectivity index (χ0) is 23.6. The van der Waals surface area contributed by atoms with Gasteiger partial charge in [0.2, 0.25) is 5.91 Å². The second-order valence-electron chi connectivity index (χ2n) is 9.19. The van der Waals surface area contributed by atoms with Crippen LogP contribution in [0.1, 0.15) is 50.2 Å². The van der Waals surface area contributed by atoms with Gasteiger partial charge in [-0.2, -0.15) is 0 Å². The number of carboxylic acids is 1. The van der Waals surface area contributed by atoms with Gasteiger partial charge < -0.3 is 20.1 Å². The summed E-state index contributed by atoms with van der Waals surface area (Å²) in [5.74, 6) is -1.22. The number of ether oxygens (including phenoxy) is 1. The minimum absolute atomic E-state index is 0.0571. The predicted octanol–water partition coefficient (Wildman–Crippen LogP) is 4.02. The van der Waals surface area contributed by atoms with E-state index >= 15 is 0 Å². The van der Waals surface area contributed by atoms with Gasteiger partial charge in [0.05, 0.1) is 5.41 Å². The molecule has 2 aromatic carbocycles. The molecule has 1 fully saturated rings. The van der Waals surface area contributed by atoms with E-state index in [4.69, 9.17) is 4.74 Å². The number of amides is 2. The molecule has 0 bridgehead atoms. The first-order chi connectivity index (χ1) is 15.8. The Balaban J connectivity index is 1.40. The molecule has 1 unspecified atom stereocenters. The lowest BCUT2D eigenvalue weighted by molar-refractivity contribution is -0.147. The number of carbonyl (C=O) groups excluding carboxylic acids is 2. The molecule has 1 aliphatic carbocycles. The van der Waals surface area contributed by atoms with Crippen molar-refractivity contribution in [3.63, 3.8) is 0 Å². The molecule has 2 aliphatic rings. The highest BCUT2D eigenvalue weighted by atomic mass is 16.5. The molecule has 1 heterocycles. The Morgan fingerprint density at radius 1 is 1.12 bits per heavy atom. The molecule has 2 N–H and O–H groups in total. The molecule has 1 aliphatic heterocycles. The van der Waals surface area contributed by atoms with Gasteiger partial charge in [-0.25, -0.2) is 4.79 Å². The van der Waals surface area contributed by atoms with Crippen LogP contribution in [0.4, 0.5) is 4.79 Å². The van der Waals surface area contributed by atoms with Crippen LogP contribution >= 0.6 is 0 Å². The van der Waals surface area contributed by atoms with E-state index in [0.29, 0.717) is 25.8 Å². The van der Waals surface area contributed by atoms with Crippen LogP contribution in [-0.4, -0.2) is 53.7 Å². The van der Waals surface area contributed by atoms with E-state index in [1.807, 2.05) is 31.2 Å². The minimum Gasteiger partial charge on any atom is -0.481 e. The minimum atomic E-state index is -0.948. The molecule has 0 saturated carbocycles. The third-order valence-corrected chi connectivity index (χ3v) is 6.81. The summed E-state index contributed by atoms with van der Waals surface area (Å²) in [5, 5.41) is 12.2. The fourth-order valence-corrected chi connectivity index (χ4v) is 4.87. The van der Waals surface area contributed by atoms with E-state index < -0.39 is 23.5 Å². The van der Waals surface area contributed by atoms with E-state index in [1.54, 1.807) is 6.92 Å². The van der Waals surface area contributed by atoms with Crippen LogP contribution in [0.2, 0.25) is 0 Å². The lowest BCUT2D eigenvalue weighted by atomic mass is 9.90. The van der Waals surface area contributed by atoms with Crippen LogP contribution in [0.15, 0.2) is 48.5 Å². The molecule has 7 heteroatoms. The highest BCUT2D eigenvalue weighted by Gasteiger charge is 2.43. The summed E-state index contributed by atoms with van der Waals surface area (Å²) in [6, 6.07) is 15.5. The van der Waals surface area contributed by atoms with E-state index in [0.717, 1.165) is 22.3 Å². The number of nitrogens with one attached hydrogen (secondary N) is 1. The standard InChI is InChI=1S/C26H30N2O5/c1-3-8-22(23(29)28-14-13-26(2,16-28)24(30)31)27-25(32)33-15-21-19-11-6-4-9-17(19)18-10-5-7-12-20(18)21/h4-7,9-12,21-22H,3,8,13-16H2,1-2H3,(H,27,32)(H,30,31)/t22-,26?/m0/s1. The van der Waals surface area contributed by atoms with Crippen molar-refractivity contribution < 1.29 is 24.2 Å². The number of hydrogen-bond acceptors (Lipinski definition) is 4. The van der Waals surface area contributed by atoms with Crippen LogP contribution < -0.4 is 5.32 Å². The van der Waals surface area contributed by atoms with Crippen molar-refractivity contribution in [3.05, 3.63) is 59.7 Å².